The van der Waals surface area contributed by atoms with Crippen molar-refractivity contribution in [2.75, 3.05) is 22.6 Å². The van der Waals surface area contributed by atoms with Crippen LogP contribution in [0.2, 0.25) is 0 Å². The monoisotopic (exact) mass is 854 g/mol. The molecule has 2 unspecified atom stereocenters. The second kappa shape index (κ2) is 16.8. The number of sulfone groups is 1. The zero-order valence-electron chi connectivity index (χ0n) is 34.6. The van der Waals surface area contributed by atoms with Gasteiger partial charge in [0.05, 0.1) is 48.7 Å². The molecule has 314 valence electrons. The lowest BCUT2D eigenvalue weighted by molar-refractivity contribution is -0.153. The van der Waals surface area contributed by atoms with Crippen molar-refractivity contribution in [1.29, 1.82) is 0 Å². The van der Waals surface area contributed by atoms with Gasteiger partial charge in [-0.1, -0.05) is 52.0 Å². The van der Waals surface area contributed by atoms with Crippen molar-refractivity contribution in [2.24, 2.45) is 17.8 Å². The van der Waals surface area contributed by atoms with Crippen molar-refractivity contribution in [1.82, 2.24) is 29.5 Å². The molecule has 0 bridgehead atoms. The van der Waals surface area contributed by atoms with Gasteiger partial charge in [0.25, 0.3) is 0 Å². The summed E-state index contributed by atoms with van der Waals surface area (Å²) in [5.74, 6) is 1.84. The van der Waals surface area contributed by atoms with E-state index in [1.807, 2.05) is 19.1 Å². The number of sulfonamides is 1. The number of aromatic nitrogens is 6. The normalized spacial score (nSPS) is 19.7. The number of ether oxygens (including phenoxy) is 1. The number of aryl methyl sites for hydroxylation is 2. The summed E-state index contributed by atoms with van der Waals surface area (Å²) in [6.07, 6.45) is 4.38. The predicted molar refractivity (Wildman–Crippen MR) is 226 cm³/mol. The lowest BCUT2D eigenvalue weighted by Gasteiger charge is -2.37. The van der Waals surface area contributed by atoms with E-state index in [9.17, 15) is 26.4 Å². The molecule has 19 heteroatoms. The zero-order chi connectivity index (χ0) is 43.8. The van der Waals surface area contributed by atoms with Crippen LogP contribution in [-0.2, 0) is 47.3 Å². The highest BCUT2D eigenvalue weighted by molar-refractivity contribution is 7.94. The average Bonchev–Trinajstić information content (AvgIpc) is 3.94. The van der Waals surface area contributed by atoms with Gasteiger partial charge in [-0.05, 0) is 67.7 Å². The van der Waals surface area contributed by atoms with Crippen LogP contribution in [0.1, 0.15) is 69.7 Å². The minimum absolute atomic E-state index is 0.00414. The highest BCUT2D eigenvalue weighted by atomic mass is 32.2. The van der Waals surface area contributed by atoms with E-state index in [2.05, 4.69) is 60.7 Å². The topological polar surface area (TPSA) is 206 Å². The van der Waals surface area contributed by atoms with Crippen LogP contribution < -0.4 is 10.0 Å². The Balaban J connectivity index is 0.000000209. The van der Waals surface area contributed by atoms with E-state index in [1.54, 1.807) is 38.1 Å². The van der Waals surface area contributed by atoms with Crippen LogP contribution in [0.4, 0.5) is 11.4 Å². The van der Waals surface area contributed by atoms with E-state index >= 15 is 0 Å². The molecule has 60 heavy (non-hydrogen) atoms. The molecule has 3 aliphatic rings. The molecule has 2 atom stereocenters. The Kier molecular flexibility index (Phi) is 12.2. The van der Waals surface area contributed by atoms with Crippen molar-refractivity contribution < 1.29 is 31.2 Å². The third-order valence-corrected chi connectivity index (χ3v) is 12.4. The smallest absolute Gasteiger partial charge is 0.325 e. The standard InChI is InChI=1S/C24H29N5O4S.C17H17N5O3S/c1-13-9-15(3)21(16(4)10-13)33-24(30)18-12-29-23(20(18)25-5)26-22(27-29)17-8-7-14(2)19(11-17)28-34(6,31)32;1-5-14(23)19-12-8-11(7-6-10(12)2)16-20-17-15(18-3)13(26(4,24)25)9-22(17)21-16/h7-8,11,13,15-16,21,28H,9-10,12H2,1-4,6H3;6-8H,5,9H2,1-2,4H3,(H,19,23). The Morgan fingerprint density at radius 1 is 0.817 bits per heavy atom. The van der Waals surface area contributed by atoms with Gasteiger partial charge in [0.2, 0.25) is 27.3 Å². The van der Waals surface area contributed by atoms with Crippen molar-refractivity contribution in [3.05, 3.63) is 92.5 Å². The highest BCUT2D eigenvalue weighted by Crippen LogP contribution is 2.38. The molecular formula is C41H46N10O7S2. The highest BCUT2D eigenvalue weighted by Gasteiger charge is 2.38. The summed E-state index contributed by atoms with van der Waals surface area (Å²) in [6.45, 7) is 27.0. The van der Waals surface area contributed by atoms with E-state index in [1.165, 1.54) is 9.36 Å². The maximum Gasteiger partial charge on any atom is 0.325 e. The van der Waals surface area contributed by atoms with Crippen molar-refractivity contribution >= 4 is 54.5 Å². The molecule has 0 saturated heterocycles. The number of carbonyl (C=O) groups excluding carboxylic acids is 2. The molecule has 0 radical (unpaired) electrons. The van der Waals surface area contributed by atoms with E-state index < -0.39 is 25.8 Å². The van der Waals surface area contributed by atoms with Crippen molar-refractivity contribution in [3.63, 3.8) is 0 Å². The summed E-state index contributed by atoms with van der Waals surface area (Å²) >= 11 is 0. The largest absolute Gasteiger partial charge is 0.459 e. The van der Waals surface area contributed by atoms with E-state index in [-0.39, 0.29) is 64.6 Å². The second-order valence-corrected chi connectivity index (χ2v) is 19.5. The number of benzene rings is 2. The number of hydrogen-bond donors (Lipinski definition) is 2. The van der Waals surface area contributed by atoms with Gasteiger partial charge in [0.15, 0.2) is 33.1 Å². The molecule has 1 aliphatic carbocycles. The Morgan fingerprint density at radius 3 is 1.85 bits per heavy atom. The minimum Gasteiger partial charge on any atom is -0.459 e. The fourth-order valence-corrected chi connectivity index (χ4v) is 9.17. The number of rotatable bonds is 9. The van der Waals surface area contributed by atoms with Crippen LogP contribution in [0, 0.1) is 44.7 Å². The summed E-state index contributed by atoms with van der Waals surface area (Å²) in [6, 6.07) is 10.7. The van der Waals surface area contributed by atoms with E-state index in [4.69, 9.17) is 17.9 Å². The van der Waals surface area contributed by atoms with Crippen LogP contribution >= 0.6 is 0 Å². The number of nitrogens with one attached hydrogen (secondary N) is 2. The summed E-state index contributed by atoms with van der Waals surface area (Å²) in [5, 5.41) is 11.6. The van der Waals surface area contributed by atoms with Crippen LogP contribution in [0.3, 0.4) is 0 Å². The lowest BCUT2D eigenvalue weighted by Crippen LogP contribution is -2.37. The van der Waals surface area contributed by atoms with Gasteiger partial charge in [-0.25, -0.2) is 41.3 Å². The first kappa shape index (κ1) is 43.4. The van der Waals surface area contributed by atoms with Gasteiger partial charge in [-0.3, -0.25) is 18.9 Å². The van der Waals surface area contributed by atoms with Crippen LogP contribution in [0.5, 0.6) is 0 Å². The molecule has 7 rings (SSSR count). The SMILES string of the molecule is [C-]#[N+]C1=C(C(=O)OC2C(C)CC(C)CC2C)Cn2nc(-c3ccc(C)c(NS(C)(=O)=O)c3)nc21.[C-]#[N+]C1=C(S(C)(=O)=O)Cn2nc(-c3ccc(C)c(NC(=O)CC)c3)nc21. The number of allylic oxidation sites excluding steroid dienone is 1. The molecular weight excluding hydrogens is 809 g/mol. The predicted octanol–water partition coefficient (Wildman–Crippen LogP) is 6.13. The van der Waals surface area contributed by atoms with Gasteiger partial charge < -0.3 is 10.1 Å². The number of carbonyl (C=O) groups is 2. The van der Waals surface area contributed by atoms with E-state index in [0.717, 1.165) is 36.5 Å². The second-order valence-electron chi connectivity index (χ2n) is 15.7. The Morgan fingerprint density at radius 2 is 1.33 bits per heavy atom. The molecule has 2 N–H and O–H groups in total. The molecule has 2 aromatic heterocycles. The first-order chi connectivity index (χ1) is 28.2. The van der Waals surface area contributed by atoms with Gasteiger partial charge in [0, 0.05) is 29.5 Å². The third-order valence-electron chi connectivity index (χ3n) is 10.6. The Labute approximate surface area is 349 Å². The van der Waals surface area contributed by atoms with Crippen LogP contribution in [0.15, 0.2) is 46.9 Å². The number of esters is 1. The zero-order valence-corrected chi connectivity index (χ0v) is 36.2. The number of nitrogens with zero attached hydrogens (tertiary/aromatic N) is 8. The number of anilines is 2. The van der Waals surface area contributed by atoms with Crippen LogP contribution in [0.25, 0.3) is 43.9 Å². The maximum atomic E-state index is 13.0. The maximum absolute atomic E-state index is 13.0. The molecule has 1 fully saturated rings. The molecule has 4 aromatic rings. The Hall–Kier alpha value is -6.18. The summed E-state index contributed by atoms with van der Waals surface area (Å²) in [7, 11) is -6.93. The fraction of sp³-hybridized carbons (Fsp3) is 0.415. The van der Waals surface area contributed by atoms with E-state index in [0.29, 0.717) is 52.3 Å². The molecule has 4 heterocycles. The first-order valence-electron chi connectivity index (χ1n) is 19.2. The number of fused-ring (bicyclic) bond motifs is 2. The molecule has 0 spiro atoms. The third kappa shape index (κ3) is 9.17. The van der Waals surface area contributed by atoms with Crippen molar-refractivity contribution in [2.45, 2.75) is 80.0 Å². The van der Waals surface area contributed by atoms with Gasteiger partial charge in [-0.15, -0.1) is 0 Å². The molecule has 2 aliphatic heterocycles. The minimum atomic E-state index is -3.49. The molecule has 1 amide bonds. The lowest BCUT2D eigenvalue weighted by atomic mass is 9.75. The molecule has 1 saturated carbocycles. The summed E-state index contributed by atoms with van der Waals surface area (Å²) < 4.78 is 58.3. The number of amides is 1. The molecule has 17 nitrogen and oxygen atoms in total. The summed E-state index contributed by atoms with van der Waals surface area (Å²) in [4.78, 5) is 40.5. The van der Waals surface area contributed by atoms with Crippen molar-refractivity contribution in [3.8, 4) is 22.8 Å². The van der Waals surface area contributed by atoms with Gasteiger partial charge in [0.1, 0.15) is 6.10 Å². The van der Waals surface area contributed by atoms with Gasteiger partial charge >= 0.3 is 5.97 Å². The first-order valence-corrected chi connectivity index (χ1v) is 23.0. The quantitative estimate of drug-likeness (QED) is 0.145. The van der Waals surface area contributed by atoms with Crippen LogP contribution in [-0.4, -0.2) is 76.9 Å². The number of hydrogen-bond acceptors (Lipinski definition) is 11. The fourth-order valence-electron chi connectivity index (χ4n) is 7.71. The average molecular weight is 855 g/mol. The van der Waals surface area contributed by atoms with Gasteiger partial charge in [-0.2, -0.15) is 10.2 Å². The molecule has 2 aromatic carbocycles. The summed E-state index contributed by atoms with van der Waals surface area (Å²) in [5.41, 5.74) is 4.48. The Bertz CT molecular complexity index is 2780.